The first kappa shape index (κ1) is 13.9. The Labute approximate surface area is 129 Å². The van der Waals surface area contributed by atoms with Gasteiger partial charge in [0.15, 0.2) is 5.82 Å². The molecule has 0 fully saturated rings. The molecule has 0 aliphatic rings. The molecule has 3 aromatic rings. The molecule has 5 heteroatoms. The number of hydrogen-bond donors (Lipinski definition) is 3. The van der Waals surface area contributed by atoms with E-state index in [0.717, 1.165) is 11.3 Å². The average Bonchev–Trinajstić information content (AvgIpc) is 2.46. The van der Waals surface area contributed by atoms with Gasteiger partial charge < -0.3 is 16.8 Å². The van der Waals surface area contributed by atoms with Crippen molar-refractivity contribution >= 4 is 23.0 Å². The fourth-order valence-corrected chi connectivity index (χ4v) is 2.21. The molecule has 0 aliphatic heterocycles. The highest BCUT2D eigenvalue weighted by atomic mass is 15.1. The second-order valence-corrected chi connectivity index (χ2v) is 5.12. The fraction of sp³-hybridized carbons (Fsp3) is 0.0588. The highest BCUT2D eigenvalue weighted by molar-refractivity contribution is 5.66. The van der Waals surface area contributed by atoms with Gasteiger partial charge in [0.2, 0.25) is 0 Å². The third-order valence-corrected chi connectivity index (χ3v) is 3.18. The van der Waals surface area contributed by atoms with E-state index in [0.29, 0.717) is 23.1 Å². The summed E-state index contributed by atoms with van der Waals surface area (Å²) in [6, 6.07) is 17.2. The van der Waals surface area contributed by atoms with Crippen molar-refractivity contribution in [2.45, 2.75) is 6.92 Å². The molecule has 5 nitrogen and oxygen atoms in total. The van der Waals surface area contributed by atoms with E-state index in [4.69, 9.17) is 11.5 Å². The Morgan fingerprint density at radius 2 is 1.73 bits per heavy atom. The zero-order chi connectivity index (χ0) is 15.5. The molecular formula is C17H17N5. The van der Waals surface area contributed by atoms with Gasteiger partial charge in [0.05, 0.1) is 0 Å². The van der Waals surface area contributed by atoms with Crippen LogP contribution in [0.1, 0.15) is 5.56 Å². The number of nitrogens with zero attached hydrogens (tertiary/aromatic N) is 2. The smallest absolute Gasteiger partial charge is 0.163 e. The van der Waals surface area contributed by atoms with Gasteiger partial charge >= 0.3 is 0 Å². The number of aryl methyl sites for hydroxylation is 1. The molecular weight excluding hydrogens is 274 g/mol. The highest BCUT2D eigenvalue weighted by Crippen LogP contribution is 2.23. The molecule has 0 spiro atoms. The molecule has 0 unspecified atom stereocenters. The van der Waals surface area contributed by atoms with Crippen molar-refractivity contribution in [3.8, 4) is 11.4 Å². The third-order valence-electron chi connectivity index (χ3n) is 3.18. The topological polar surface area (TPSA) is 89.8 Å². The van der Waals surface area contributed by atoms with Gasteiger partial charge in [0.25, 0.3) is 0 Å². The predicted molar refractivity (Wildman–Crippen MR) is 90.8 cm³/mol. The quantitative estimate of drug-likeness (QED) is 0.644. The van der Waals surface area contributed by atoms with E-state index in [1.807, 2.05) is 55.5 Å². The van der Waals surface area contributed by atoms with E-state index >= 15 is 0 Å². The van der Waals surface area contributed by atoms with Crippen LogP contribution in [0.3, 0.4) is 0 Å². The molecule has 0 bridgehead atoms. The van der Waals surface area contributed by atoms with Gasteiger partial charge in [-0.1, -0.05) is 24.3 Å². The second-order valence-electron chi connectivity index (χ2n) is 5.12. The lowest BCUT2D eigenvalue weighted by atomic mass is 10.2. The average molecular weight is 291 g/mol. The third kappa shape index (κ3) is 3.15. The molecule has 22 heavy (non-hydrogen) atoms. The van der Waals surface area contributed by atoms with Gasteiger partial charge in [0, 0.05) is 23.0 Å². The Morgan fingerprint density at radius 1 is 0.909 bits per heavy atom. The van der Waals surface area contributed by atoms with Crippen molar-refractivity contribution in [1.29, 1.82) is 0 Å². The van der Waals surface area contributed by atoms with E-state index in [1.54, 1.807) is 6.07 Å². The number of aromatic nitrogens is 2. The van der Waals surface area contributed by atoms with Gasteiger partial charge in [-0.15, -0.1) is 0 Å². The summed E-state index contributed by atoms with van der Waals surface area (Å²) in [5.74, 6) is 1.60. The van der Waals surface area contributed by atoms with Crippen molar-refractivity contribution in [3.63, 3.8) is 0 Å². The van der Waals surface area contributed by atoms with E-state index < -0.39 is 0 Å². The summed E-state index contributed by atoms with van der Waals surface area (Å²) in [5, 5.41) is 3.25. The van der Waals surface area contributed by atoms with Crippen molar-refractivity contribution < 1.29 is 0 Å². The van der Waals surface area contributed by atoms with Crippen LogP contribution in [0, 0.1) is 6.92 Å². The van der Waals surface area contributed by atoms with Crippen LogP contribution in [0.25, 0.3) is 11.4 Å². The standard InChI is InChI=1S/C17H17N5/c1-11-4-2-7-14(8-11)20-16-10-15(19)21-17(22-16)12-5-3-6-13(18)9-12/h2-10H,18H2,1H3,(H3,19,20,21,22). The lowest BCUT2D eigenvalue weighted by Gasteiger charge is -2.09. The Hall–Kier alpha value is -3.08. The van der Waals surface area contributed by atoms with Crippen LogP contribution in [0.5, 0.6) is 0 Å². The van der Waals surface area contributed by atoms with Crippen LogP contribution in [0.2, 0.25) is 0 Å². The molecule has 2 aromatic carbocycles. The molecule has 0 saturated heterocycles. The Bertz CT molecular complexity index is 814. The summed E-state index contributed by atoms with van der Waals surface area (Å²) < 4.78 is 0. The van der Waals surface area contributed by atoms with Crippen LogP contribution in [0.4, 0.5) is 23.0 Å². The minimum absolute atomic E-state index is 0.405. The normalized spacial score (nSPS) is 10.4. The lowest BCUT2D eigenvalue weighted by molar-refractivity contribution is 1.18. The van der Waals surface area contributed by atoms with Crippen LogP contribution in [-0.2, 0) is 0 Å². The molecule has 0 saturated carbocycles. The van der Waals surface area contributed by atoms with E-state index in [1.165, 1.54) is 5.56 Å². The van der Waals surface area contributed by atoms with Gasteiger partial charge in [-0.3, -0.25) is 0 Å². The maximum Gasteiger partial charge on any atom is 0.163 e. The van der Waals surface area contributed by atoms with Gasteiger partial charge in [-0.25, -0.2) is 9.97 Å². The van der Waals surface area contributed by atoms with Crippen molar-refractivity contribution in [2.24, 2.45) is 0 Å². The number of anilines is 4. The van der Waals surface area contributed by atoms with Crippen molar-refractivity contribution in [3.05, 3.63) is 60.2 Å². The summed E-state index contributed by atoms with van der Waals surface area (Å²) in [4.78, 5) is 8.79. The molecule has 3 rings (SSSR count). The molecule has 110 valence electrons. The molecule has 1 heterocycles. The van der Waals surface area contributed by atoms with E-state index in [2.05, 4.69) is 15.3 Å². The minimum atomic E-state index is 0.405. The Morgan fingerprint density at radius 3 is 2.50 bits per heavy atom. The van der Waals surface area contributed by atoms with Crippen molar-refractivity contribution in [1.82, 2.24) is 9.97 Å². The molecule has 0 aliphatic carbocycles. The summed E-state index contributed by atoms with van der Waals surface area (Å²) >= 11 is 0. The van der Waals surface area contributed by atoms with Crippen molar-refractivity contribution in [2.75, 3.05) is 16.8 Å². The van der Waals surface area contributed by atoms with Crippen LogP contribution >= 0.6 is 0 Å². The number of nitrogen functional groups attached to an aromatic ring is 2. The first-order valence-corrected chi connectivity index (χ1v) is 6.94. The van der Waals surface area contributed by atoms with Gasteiger partial charge in [-0.2, -0.15) is 0 Å². The highest BCUT2D eigenvalue weighted by Gasteiger charge is 2.06. The fourth-order valence-electron chi connectivity index (χ4n) is 2.21. The van der Waals surface area contributed by atoms with Gasteiger partial charge in [-0.05, 0) is 36.8 Å². The van der Waals surface area contributed by atoms with E-state index in [9.17, 15) is 0 Å². The largest absolute Gasteiger partial charge is 0.399 e. The second kappa shape index (κ2) is 5.73. The molecule has 1 aromatic heterocycles. The SMILES string of the molecule is Cc1cccc(Nc2cc(N)nc(-c3cccc(N)c3)n2)c1. The summed E-state index contributed by atoms with van der Waals surface area (Å²) in [6.07, 6.45) is 0. The summed E-state index contributed by atoms with van der Waals surface area (Å²) in [5.41, 5.74) is 15.3. The maximum absolute atomic E-state index is 5.90. The summed E-state index contributed by atoms with van der Waals surface area (Å²) in [6.45, 7) is 2.04. The monoisotopic (exact) mass is 291 g/mol. The first-order valence-electron chi connectivity index (χ1n) is 6.94. The van der Waals surface area contributed by atoms with Crippen LogP contribution < -0.4 is 16.8 Å². The Kier molecular flexibility index (Phi) is 3.62. The number of benzene rings is 2. The zero-order valence-electron chi connectivity index (χ0n) is 12.2. The van der Waals surface area contributed by atoms with Crippen LogP contribution in [0.15, 0.2) is 54.6 Å². The molecule has 5 N–H and O–H groups in total. The molecule has 0 amide bonds. The number of nitrogens with two attached hydrogens (primary N) is 2. The summed E-state index contributed by atoms with van der Waals surface area (Å²) in [7, 11) is 0. The molecule has 0 atom stereocenters. The minimum Gasteiger partial charge on any atom is -0.399 e. The molecule has 0 radical (unpaired) electrons. The number of nitrogens with one attached hydrogen (secondary N) is 1. The maximum atomic E-state index is 5.90. The lowest BCUT2D eigenvalue weighted by Crippen LogP contribution is -2.01. The Balaban J connectivity index is 1.96. The first-order chi connectivity index (χ1) is 10.6. The van der Waals surface area contributed by atoms with E-state index in [-0.39, 0.29) is 0 Å². The van der Waals surface area contributed by atoms with Crippen LogP contribution in [-0.4, -0.2) is 9.97 Å². The van der Waals surface area contributed by atoms with Gasteiger partial charge in [0.1, 0.15) is 11.6 Å². The zero-order valence-corrected chi connectivity index (χ0v) is 12.2. The predicted octanol–water partition coefficient (Wildman–Crippen LogP) is 3.36. The number of rotatable bonds is 3. The number of hydrogen-bond acceptors (Lipinski definition) is 5.